The number of ether oxygens (including phenoxy) is 2. The highest BCUT2D eigenvalue weighted by molar-refractivity contribution is 9.10. The molecule has 112 valence electrons. The van der Waals surface area contributed by atoms with Gasteiger partial charge in [-0.3, -0.25) is 0 Å². The summed E-state index contributed by atoms with van der Waals surface area (Å²) < 4.78 is 11.3. The number of hydrogen-bond donors (Lipinski definition) is 2. The number of hydrogen-bond acceptors (Lipinski definition) is 4. The van der Waals surface area contributed by atoms with Crippen molar-refractivity contribution in [1.29, 1.82) is 0 Å². The van der Waals surface area contributed by atoms with Gasteiger partial charge in [0.25, 0.3) is 0 Å². The van der Waals surface area contributed by atoms with Crippen LogP contribution < -0.4 is 15.8 Å². The number of benzene rings is 1. The molecule has 0 fully saturated rings. The molecule has 0 saturated heterocycles. The van der Waals surface area contributed by atoms with Crippen molar-refractivity contribution in [2.75, 3.05) is 13.7 Å². The molecule has 5 nitrogen and oxygen atoms in total. The highest BCUT2D eigenvalue weighted by Crippen LogP contribution is 2.27. The Morgan fingerprint density at radius 3 is 2.65 bits per heavy atom. The summed E-state index contributed by atoms with van der Waals surface area (Å²) in [5, 5.41) is 2.65. The third kappa shape index (κ3) is 5.38. The summed E-state index contributed by atoms with van der Waals surface area (Å²) >= 11 is 3.39. The average molecular weight is 345 g/mol. The van der Waals surface area contributed by atoms with Crippen molar-refractivity contribution in [3.63, 3.8) is 0 Å². The van der Waals surface area contributed by atoms with Gasteiger partial charge in [0.05, 0.1) is 13.2 Å². The second-order valence-electron chi connectivity index (χ2n) is 5.38. The molecule has 1 rings (SSSR count). The second kappa shape index (κ2) is 6.95. The lowest BCUT2D eigenvalue weighted by atomic mass is 10.1. The Morgan fingerprint density at radius 2 is 2.10 bits per heavy atom. The highest BCUT2D eigenvalue weighted by Gasteiger charge is 2.18. The van der Waals surface area contributed by atoms with Crippen molar-refractivity contribution in [3.8, 4) is 5.75 Å². The number of methoxy groups -OCH3 is 1. The van der Waals surface area contributed by atoms with Crippen LogP contribution in [0.1, 0.15) is 32.4 Å². The van der Waals surface area contributed by atoms with E-state index in [1.54, 1.807) is 7.11 Å². The van der Waals surface area contributed by atoms with Crippen molar-refractivity contribution in [3.05, 3.63) is 28.2 Å². The molecule has 0 aliphatic heterocycles. The number of alkyl carbamates (subject to hydrolysis) is 1. The van der Waals surface area contributed by atoms with Gasteiger partial charge in [0.1, 0.15) is 11.4 Å². The van der Waals surface area contributed by atoms with Crippen LogP contribution in [0.15, 0.2) is 22.7 Å². The zero-order valence-electron chi connectivity index (χ0n) is 12.2. The quantitative estimate of drug-likeness (QED) is 0.880. The van der Waals surface area contributed by atoms with E-state index in [0.29, 0.717) is 5.75 Å². The maximum absolute atomic E-state index is 11.6. The minimum atomic E-state index is -0.526. The van der Waals surface area contributed by atoms with Gasteiger partial charge in [-0.25, -0.2) is 4.79 Å². The third-order valence-corrected chi connectivity index (χ3v) is 2.95. The predicted molar refractivity (Wildman–Crippen MR) is 81.9 cm³/mol. The Labute approximate surface area is 127 Å². The molecule has 0 aliphatic carbocycles. The number of halogens is 1. The number of rotatable bonds is 4. The fraction of sp³-hybridized carbons (Fsp3) is 0.500. The molecule has 1 unspecified atom stereocenters. The van der Waals surface area contributed by atoms with Gasteiger partial charge in [-0.2, -0.15) is 0 Å². The molecule has 1 aromatic carbocycles. The minimum Gasteiger partial charge on any atom is -0.496 e. The van der Waals surface area contributed by atoms with E-state index in [2.05, 4.69) is 21.2 Å². The van der Waals surface area contributed by atoms with E-state index in [0.717, 1.165) is 10.0 Å². The van der Waals surface area contributed by atoms with Crippen molar-refractivity contribution < 1.29 is 14.3 Å². The summed E-state index contributed by atoms with van der Waals surface area (Å²) in [6.07, 6.45) is -0.484. The molecule has 3 N–H and O–H groups in total. The van der Waals surface area contributed by atoms with Gasteiger partial charge >= 0.3 is 6.09 Å². The number of amides is 1. The summed E-state index contributed by atoms with van der Waals surface area (Å²) in [6.45, 7) is 5.69. The predicted octanol–water partition coefficient (Wildman–Crippen LogP) is 2.98. The van der Waals surface area contributed by atoms with Gasteiger partial charge in [0, 0.05) is 16.6 Å². The van der Waals surface area contributed by atoms with Gasteiger partial charge in [-0.15, -0.1) is 0 Å². The maximum Gasteiger partial charge on any atom is 0.407 e. The summed E-state index contributed by atoms with van der Waals surface area (Å²) in [5.41, 5.74) is 6.37. The molecule has 6 heteroatoms. The molecule has 0 radical (unpaired) electrons. The Hall–Kier alpha value is -1.27. The Morgan fingerprint density at radius 1 is 1.45 bits per heavy atom. The molecule has 0 aromatic heterocycles. The first-order valence-corrected chi connectivity index (χ1v) is 7.08. The Balaban J connectivity index is 2.65. The van der Waals surface area contributed by atoms with E-state index in [9.17, 15) is 4.79 Å². The van der Waals surface area contributed by atoms with Crippen molar-refractivity contribution in [2.24, 2.45) is 5.73 Å². The molecule has 0 aliphatic rings. The molecule has 0 bridgehead atoms. The topological polar surface area (TPSA) is 73.6 Å². The normalized spacial score (nSPS) is 12.7. The van der Waals surface area contributed by atoms with Crippen LogP contribution in [0, 0.1) is 0 Å². The molecule has 0 spiro atoms. The lowest BCUT2D eigenvalue weighted by Crippen LogP contribution is -2.36. The average Bonchev–Trinajstić information content (AvgIpc) is 2.33. The van der Waals surface area contributed by atoms with Gasteiger partial charge < -0.3 is 20.5 Å². The Kier molecular flexibility index (Phi) is 5.83. The third-order valence-electron chi connectivity index (χ3n) is 2.46. The molecular weight excluding hydrogens is 324 g/mol. The summed E-state index contributed by atoms with van der Waals surface area (Å²) in [6, 6.07) is 5.19. The SMILES string of the molecule is COc1ccc(Br)cc1C(N)CNC(=O)OC(C)(C)C. The second-order valence-corrected chi connectivity index (χ2v) is 6.29. The van der Waals surface area contributed by atoms with E-state index in [-0.39, 0.29) is 12.6 Å². The largest absolute Gasteiger partial charge is 0.496 e. The van der Waals surface area contributed by atoms with E-state index >= 15 is 0 Å². The summed E-state index contributed by atoms with van der Waals surface area (Å²) in [5.74, 6) is 0.687. The lowest BCUT2D eigenvalue weighted by molar-refractivity contribution is 0.0524. The molecule has 20 heavy (non-hydrogen) atoms. The smallest absolute Gasteiger partial charge is 0.407 e. The number of nitrogens with one attached hydrogen (secondary N) is 1. The van der Waals surface area contributed by atoms with Crippen LogP contribution in [-0.4, -0.2) is 25.3 Å². The number of carbonyl (C=O) groups excluding carboxylic acids is 1. The maximum atomic E-state index is 11.6. The van der Waals surface area contributed by atoms with Crippen LogP contribution in [-0.2, 0) is 4.74 Å². The van der Waals surface area contributed by atoms with Crippen LogP contribution in [0.4, 0.5) is 4.79 Å². The fourth-order valence-corrected chi connectivity index (χ4v) is 1.99. The fourth-order valence-electron chi connectivity index (χ4n) is 1.61. The first kappa shape index (κ1) is 16.8. The molecule has 0 heterocycles. The van der Waals surface area contributed by atoms with Gasteiger partial charge in [-0.05, 0) is 39.0 Å². The van der Waals surface area contributed by atoms with E-state index in [1.807, 2.05) is 39.0 Å². The van der Waals surface area contributed by atoms with Crippen LogP contribution in [0.25, 0.3) is 0 Å². The van der Waals surface area contributed by atoms with E-state index in [4.69, 9.17) is 15.2 Å². The molecule has 0 saturated carbocycles. The van der Waals surface area contributed by atoms with Crippen LogP contribution >= 0.6 is 15.9 Å². The standard InChI is InChI=1S/C14H21BrN2O3/c1-14(2,3)20-13(18)17-8-11(16)10-7-9(15)5-6-12(10)19-4/h5-7,11H,8,16H2,1-4H3,(H,17,18). The van der Waals surface area contributed by atoms with Crippen molar-refractivity contribution in [2.45, 2.75) is 32.4 Å². The molecule has 1 atom stereocenters. The highest BCUT2D eigenvalue weighted by atomic mass is 79.9. The molecule has 1 amide bonds. The van der Waals surface area contributed by atoms with Crippen molar-refractivity contribution in [1.82, 2.24) is 5.32 Å². The first-order chi connectivity index (χ1) is 9.23. The first-order valence-electron chi connectivity index (χ1n) is 6.29. The number of carbonyl (C=O) groups is 1. The van der Waals surface area contributed by atoms with Crippen LogP contribution in [0.2, 0.25) is 0 Å². The monoisotopic (exact) mass is 344 g/mol. The number of nitrogens with two attached hydrogens (primary N) is 1. The van der Waals surface area contributed by atoms with E-state index in [1.165, 1.54) is 0 Å². The van der Waals surface area contributed by atoms with Gasteiger partial charge in [0.2, 0.25) is 0 Å². The van der Waals surface area contributed by atoms with Crippen LogP contribution in [0.5, 0.6) is 5.75 Å². The van der Waals surface area contributed by atoms with Crippen LogP contribution in [0.3, 0.4) is 0 Å². The minimum absolute atomic E-state index is 0.266. The zero-order valence-corrected chi connectivity index (χ0v) is 13.8. The van der Waals surface area contributed by atoms with Gasteiger partial charge in [0.15, 0.2) is 0 Å². The molecule has 1 aromatic rings. The zero-order chi connectivity index (χ0) is 15.3. The lowest BCUT2D eigenvalue weighted by Gasteiger charge is -2.21. The van der Waals surface area contributed by atoms with E-state index < -0.39 is 11.7 Å². The Bertz CT molecular complexity index is 472. The van der Waals surface area contributed by atoms with Crippen molar-refractivity contribution >= 4 is 22.0 Å². The summed E-state index contributed by atoms with van der Waals surface area (Å²) in [4.78, 5) is 11.6. The van der Waals surface area contributed by atoms with Gasteiger partial charge in [-0.1, -0.05) is 15.9 Å². The molecular formula is C14H21BrN2O3. The summed E-state index contributed by atoms with van der Waals surface area (Å²) in [7, 11) is 1.58.